The van der Waals surface area contributed by atoms with Gasteiger partial charge in [-0.2, -0.15) is 9.61 Å². The molecule has 0 saturated carbocycles. The Morgan fingerprint density at radius 1 is 0.960 bits per heavy atom. The first-order valence-electron chi connectivity index (χ1n) is 7.76. The first-order chi connectivity index (χ1) is 12.3. The first kappa shape index (κ1) is 15.6. The Balaban J connectivity index is 1.70. The number of fused-ring (bicyclic) bond motifs is 1. The van der Waals surface area contributed by atoms with E-state index in [0.717, 1.165) is 21.4 Å². The van der Waals surface area contributed by atoms with Crippen LogP contribution in [0.5, 0.6) is 11.5 Å². The zero-order valence-corrected chi connectivity index (χ0v) is 14.7. The molecule has 2 heterocycles. The molecule has 0 aliphatic carbocycles. The molecule has 0 saturated heterocycles. The molecule has 126 valence electrons. The summed E-state index contributed by atoms with van der Waals surface area (Å²) in [5.41, 5.74) is 2.14. The van der Waals surface area contributed by atoms with Gasteiger partial charge in [-0.05, 0) is 23.8 Å². The summed E-state index contributed by atoms with van der Waals surface area (Å²) in [6.45, 7) is 0. The third-order valence-corrected chi connectivity index (χ3v) is 4.84. The van der Waals surface area contributed by atoms with Crippen molar-refractivity contribution >= 4 is 16.3 Å². The predicted molar refractivity (Wildman–Crippen MR) is 96.4 cm³/mol. The molecule has 2 aromatic carbocycles. The molecule has 6 nitrogen and oxygen atoms in total. The third kappa shape index (κ3) is 2.94. The van der Waals surface area contributed by atoms with Gasteiger partial charge in [0, 0.05) is 12.0 Å². The minimum atomic E-state index is 0.676. The number of methoxy groups -OCH3 is 2. The maximum atomic E-state index is 5.37. The van der Waals surface area contributed by atoms with Crippen LogP contribution in [0.2, 0.25) is 0 Å². The second kappa shape index (κ2) is 6.52. The first-order valence-corrected chi connectivity index (χ1v) is 8.57. The zero-order valence-electron chi connectivity index (χ0n) is 13.8. The van der Waals surface area contributed by atoms with E-state index < -0.39 is 0 Å². The SMILES string of the molecule is COc1ccc(-c2nn3c(Cc4ccccc4)nnc3s2)cc1OC. The molecule has 25 heavy (non-hydrogen) atoms. The fourth-order valence-corrected chi connectivity index (χ4v) is 3.49. The highest BCUT2D eigenvalue weighted by Crippen LogP contribution is 2.34. The summed E-state index contributed by atoms with van der Waals surface area (Å²) < 4.78 is 12.5. The van der Waals surface area contributed by atoms with Crippen LogP contribution in [0.25, 0.3) is 15.5 Å². The van der Waals surface area contributed by atoms with Crippen LogP contribution in [-0.2, 0) is 6.42 Å². The van der Waals surface area contributed by atoms with E-state index in [1.165, 1.54) is 16.9 Å². The fourth-order valence-electron chi connectivity index (χ4n) is 2.63. The minimum absolute atomic E-state index is 0.676. The van der Waals surface area contributed by atoms with Gasteiger partial charge < -0.3 is 9.47 Å². The summed E-state index contributed by atoms with van der Waals surface area (Å²) >= 11 is 1.50. The van der Waals surface area contributed by atoms with Gasteiger partial charge in [0.15, 0.2) is 17.3 Å². The normalized spacial score (nSPS) is 11.0. The summed E-state index contributed by atoms with van der Waals surface area (Å²) in [5.74, 6) is 2.19. The quantitative estimate of drug-likeness (QED) is 0.550. The number of hydrogen-bond donors (Lipinski definition) is 0. The van der Waals surface area contributed by atoms with Crippen LogP contribution in [0, 0.1) is 0 Å². The van der Waals surface area contributed by atoms with Gasteiger partial charge in [-0.25, -0.2) is 0 Å². The molecule has 4 aromatic rings. The highest BCUT2D eigenvalue weighted by Gasteiger charge is 2.15. The molecule has 0 amide bonds. The number of aromatic nitrogens is 4. The number of ether oxygens (including phenoxy) is 2. The van der Waals surface area contributed by atoms with Crippen LogP contribution < -0.4 is 9.47 Å². The van der Waals surface area contributed by atoms with E-state index in [4.69, 9.17) is 9.47 Å². The van der Waals surface area contributed by atoms with Crippen molar-refractivity contribution in [3.63, 3.8) is 0 Å². The number of rotatable bonds is 5. The summed E-state index contributed by atoms with van der Waals surface area (Å²) in [6, 6.07) is 15.9. The van der Waals surface area contributed by atoms with E-state index in [1.807, 2.05) is 40.9 Å². The van der Waals surface area contributed by atoms with Crippen LogP contribution in [0.4, 0.5) is 0 Å². The number of nitrogens with zero attached hydrogens (tertiary/aromatic N) is 4. The van der Waals surface area contributed by atoms with Crippen LogP contribution in [0.1, 0.15) is 11.4 Å². The van der Waals surface area contributed by atoms with E-state index in [-0.39, 0.29) is 0 Å². The van der Waals surface area contributed by atoms with Crippen molar-refractivity contribution in [2.45, 2.75) is 6.42 Å². The lowest BCUT2D eigenvalue weighted by molar-refractivity contribution is 0.355. The van der Waals surface area contributed by atoms with Crippen LogP contribution >= 0.6 is 11.3 Å². The average Bonchev–Trinajstić information content (AvgIpc) is 3.24. The molecule has 0 N–H and O–H groups in total. The topological polar surface area (TPSA) is 61.5 Å². The van der Waals surface area contributed by atoms with Gasteiger partial charge in [0.2, 0.25) is 4.96 Å². The van der Waals surface area contributed by atoms with Crippen molar-refractivity contribution in [1.29, 1.82) is 0 Å². The monoisotopic (exact) mass is 352 g/mol. The van der Waals surface area contributed by atoms with Crippen molar-refractivity contribution in [2.75, 3.05) is 14.2 Å². The number of hydrogen-bond acceptors (Lipinski definition) is 6. The highest BCUT2D eigenvalue weighted by molar-refractivity contribution is 7.19. The molecule has 0 radical (unpaired) electrons. The molecule has 0 fully saturated rings. The molecule has 0 spiro atoms. The fraction of sp³-hybridized carbons (Fsp3) is 0.167. The van der Waals surface area contributed by atoms with Gasteiger partial charge in [-0.15, -0.1) is 10.2 Å². The average molecular weight is 352 g/mol. The van der Waals surface area contributed by atoms with Crippen molar-refractivity contribution in [3.8, 4) is 22.1 Å². The Bertz CT molecular complexity index is 1010. The Morgan fingerprint density at radius 3 is 2.52 bits per heavy atom. The van der Waals surface area contributed by atoms with Crippen molar-refractivity contribution in [1.82, 2.24) is 19.8 Å². The van der Waals surface area contributed by atoms with Crippen molar-refractivity contribution in [3.05, 3.63) is 59.9 Å². The molecular weight excluding hydrogens is 336 g/mol. The van der Waals surface area contributed by atoms with Gasteiger partial charge in [0.05, 0.1) is 14.2 Å². The van der Waals surface area contributed by atoms with Crippen molar-refractivity contribution in [2.24, 2.45) is 0 Å². The molecule has 0 atom stereocenters. The molecule has 0 unspecified atom stereocenters. The summed E-state index contributed by atoms with van der Waals surface area (Å²) in [5, 5.41) is 14.1. The maximum Gasteiger partial charge on any atom is 0.234 e. The summed E-state index contributed by atoms with van der Waals surface area (Å²) in [4.78, 5) is 0.774. The maximum absolute atomic E-state index is 5.37. The van der Waals surface area contributed by atoms with E-state index in [1.54, 1.807) is 14.2 Å². The summed E-state index contributed by atoms with van der Waals surface area (Å²) in [6.07, 6.45) is 0.692. The van der Waals surface area contributed by atoms with Gasteiger partial charge in [0.25, 0.3) is 0 Å². The second-order valence-electron chi connectivity index (χ2n) is 5.45. The van der Waals surface area contributed by atoms with E-state index in [2.05, 4.69) is 27.4 Å². The standard InChI is InChI=1S/C18H16N4O2S/c1-23-14-9-8-13(11-15(14)24-2)17-21-22-16(19-20-18(22)25-17)10-12-6-4-3-5-7-12/h3-9,11H,10H2,1-2H3. The second-order valence-corrected chi connectivity index (χ2v) is 6.41. The Morgan fingerprint density at radius 2 is 1.76 bits per heavy atom. The molecule has 0 bridgehead atoms. The molecule has 4 rings (SSSR count). The van der Waals surface area contributed by atoms with E-state index in [9.17, 15) is 0 Å². The smallest absolute Gasteiger partial charge is 0.234 e. The highest BCUT2D eigenvalue weighted by atomic mass is 32.1. The lowest BCUT2D eigenvalue weighted by Gasteiger charge is -2.07. The van der Waals surface area contributed by atoms with Gasteiger partial charge in [-0.1, -0.05) is 41.7 Å². The minimum Gasteiger partial charge on any atom is -0.493 e. The molecule has 0 aliphatic heterocycles. The molecular formula is C18H16N4O2S. The van der Waals surface area contributed by atoms with Crippen LogP contribution in [-0.4, -0.2) is 34.0 Å². The van der Waals surface area contributed by atoms with E-state index >= 15 is 0 Å². The molecule has 2 aromatic heterocycles. The van der Waals surface area contributed by atoms with Gasteiger partial charge >= 0.3 is 0 Å². The lowest BCUT2D eigenvalue weighted by atomic mass is 10.1. The predicted octanol–water partition coefficient (Wildman–Crippen LogP) is 3.46. The zero-order chi connectivity index (χ0) is 17.2. The van der Waals surface area contributed by atoms with Crippen LogP contribution in [0.15, 0.2) is 48.5 Å². The van der Waals surface area contributed by atoms with E-state index in [0.29, 0.717) is 17.9 Å². The Labute approximate surface area is 148 Å². The molecule has 7 heteroatoms. The van der Waals surface area contributed by atoms with Gasteiger partial charge in [0.1, 0.15) is 5.01 Å². The largest absolute Gasteiger partial charge is 0.493 e. The summed E-state index contributed by atoms with van der Waals surface area (Å²) in [7, 11) is 3.24. The lowest BCUT2D eigenvalue weighted by Crippen LogP contribution is -1.97. The third-order valence-electron chi connectivity index (χ3n) is 3.89. The number of benzene rings is 2. The Kier molecular flexibility index (Phi) is 4.07. The molecule has 0 aliphatic rings. The van der Waals surface area contributed by atoms with Crippen LogP contribution in [0.3, 0.4) is 0 Å². The van der Waals surface area contributed by atoms with Crippen molar-refractivity contribution < 1.29 is 9.47 Å². The Hall–Kier alpha value is -2.93. The van der Waals surface area contributed by atoms with Gasteiger partial charge in [-0.3, -0.25) is 0 Å².